The average molecular weight is 435 g/mol. The minimum atomic E-state index is -1.17. The van der Waals surface area contributed by atoms with Crippen LogP contribution in [0.2, 0.25) is 0 Å². The number of methoxy groups -OCH3 is 1. The second kappa shape index (κ2) is 9.15. The number of imide groups is 1. The van der Waals surface area contributed by atoms with E-state index in [0.717, 1.165) is 4.90 Å². The van der Waals surface area contributed by atoms with Gasteiger partial charge in [0, 0.05) is 5.56 Å². The summed E-state index contributed by atoms with van der Waals surface area (Å²) >= 11 is 0. The van der Waals surface area contributed by atoms with Crippen molar-refractivity contribution < 1.29 is 19.1 Å². The number of urea groups is 1. The molecule has 4 rings (SSSR count). The molecule has 0 spiro atoms. The van der Waals surface area contributed by atoms with Crippen molar-refractivity contribution in [1.82, 2.24) is 10.2 Å². The van der Waals surface area contributed by atoms with Crippen LogP contribution in [-0.2, 0) is 10.3 Å². The van der Waals surface area contributed by atoms with Crippen LogP contribution in [0.25, 0.3) is 0 Å². The van der Waals surface area contributed by atoms with Crippen LogP contribution < -0.4 is 10.1 Å². The van der Waals surface area contributed by atoms with Crippen molar-refractivity contribution >= 4 is 17.7 Å². The Labute approximate surface area is 188 Å². The third-order valence-electron chi connectivity index (χ3n) is 6.90. The van der Waals surface area contributed by atoms with Crippen LogP contribution in [0.5, 0.6) is 5.75 Å². The summed E-state index contributed by atoms with van der Waals surface area (Å²) in [5.41, 5.74) is 1.28. The second-order valence-electron chi connectivity index (χ2n) is 8.69. The fraction of sp³-hybridized carbons (Fsp3) is 0.423. The van der Waals surface area contributed by atoms with Gasteiger partial charge in [0.2, 0.25) is 0 Å². The summed E-state index contributed by atoms with van der Waals surface area (Å²) in [6, 6.07) is 14.2. The van der Waals surface area contributed by atoms with E-state index in [9.17, 15) is 14.4 Å². The largest absolute Gasteiger partial charge is 0.497 e. The Morgan fingerprint density at radius 3 is 2.28 bits per heavy atom. The monoisotopic (exact) mass is 434 g/mol. The summed E-state index contributed by atoms with van der Waals surface area (Å²) in [6.07, 6.45) is 6.58. The summed E-state index contributed by atoms with van der Waals surface area (Å²) in [6.45, 7) is 1.57. The maximum Gasteiger partial charge on any atom is 0.325 e. The van der Waals surface area contributed by atoms with E-state index in [4.69, 9.17) is 4.74 Å². The SMILES string of the molecule is CCC1(c2ccc(OC)cc2)NC(=O)N(CC(=O)c2ccc(C3CCCCC3)cc2)C1=O. The van der Waals surface area contributed by atoms with Crippen LogP contribution >= 0.6 is 0 Å². The van der Waals surface area contributed by atoms with Gasteiger partial charge in [-0.15, -0.1) is 0 Å². The zero-order valence-electron chi connectivity index (χ0n) is 18.7. The Hall–Kier alpha value is -3.15. The van der Waals surface area contributed by atoms with E-state index in [1.807, 2.05) is 31.2 Å². The summed E-state index contributed by atoms with van der Waals surface area (Å²) in [4.78, 5) is 40.0. The number of amides is 3. The number of hydrogen-bond donors (Lipinski definition) is 1. The van der Waals surface area contributed by atoms with Gasteiger partial charge in [-0.05, 0) is 48.4 Å². The van der Waals surface area contributed by atoms with Gasteiger partial charge in [-0.25, -0.2) is 4.79 Å². The van der Waals surface area contributed by atoms with Gasteiger partial charge >= 0.3 is 6.03 Å². The normalized spacial score (nSPS) is 21.5. The third kappa shape index (κ3) is 4.01. The van der Waals surface area contributed by atoms with Gasteiger partial charge in [-0.2, -0.15) is 0 Å². The molecule has 1 aliphatic heterocycles. The maximum atomic E-state index is 13.3. The average Bonchev–Trinajstić information content (AvgIpc) is 3.09. The summed E-state index contributed by atoms with van der Waals surface area (Å²) in [5, 5.41) is 2.82. The number of ketones is 1. The molecular formula is C26H30N2O4. The highest BCUT2D eigenvalue weighted by Gasteiger charge is 2.51. The number of Topliss-reactive ketones (excluding diaryl/α,β-unsaturated/α-hetero) is 1. The first-order valence-electron chi connectivity index (χ1n) is 11.4. The van der Waals surface area contributed by atoms with E-state index >= 15 is 0 Å². The minimum Gasteiger partial charge on any atom is -0.497 e. The first-order chi connectivity index (χ1) is 15.5. The maximum absolute atomic E-state index is 13.3. The highest BCUT2D eigenvalue weighted by Crippen LogP contribution is 2.34. The van der Waals surface area contributed by atoms with Crippen LogP contribution in [0, 0.1) is 0 Å². The Morgan fingerprint density at radius 2 is 1.69 bits per heavy atom. The molecule has 2 aliphatic rings. The number of rotatable bonds is 7. The highest BCUT2D eigenvalue weighted by atomic mass is 16.5. The van der Waals surface area contributed by atoms with Crippen molar-refractivity contribution in [2.45, 2.75) is 56.9 Å². The van der Waals surface area contributed by atoms with Crippen LogP contribution in [0.1, 0.15) is 72.9 Å². The molecule has 2 aromatic carbocycles. The molecule has 1 heterocycles. The van der Waals surface area contributed by atoms with E-state index in [0.29, 0.717) is 29.2 Å². The van der Waals surface area contributed by atoms with E-state index < -0.39 is 17.5 Å². The molecule has 0 aromatic heterocycles. The van der Waals surface area contributed by atoms with E-state index in [1.165, 1.54) is 37.7 Å². The second-order valence-corrected chi connectivity index (χ2v) is 8.69. The Kier molecular flexibility index (Phi) is 6.31. The highest BCUT2D eigenvalue weighted by molar-refractivity contribution is 6.11. The molecule has 2 aromatic rings. The number of benzene rings is 2. The fourth-order valence-electron chi connectivity index (χ4n) is 4.90. The number of carbonyl (C=O) groups is 3. The zero-order chi connectivity index (χ0) is 22.7. The van der Waals surface area contributed by atoms with Crippen LogP contribution in [-0.4, -0.2) is 36.3 Å². The standard InChI is InChI=1S/C26H30N2O4/c1-3-26(21-13-15-22(32-2)16-14-21)24(30)28(25(31)27-26)17-23(29)20-11-9-19(10-12-20)18-7-5-4-6-8-18/h9-16,18H,3-8,17H2,1-2H3,(H,27,31). The molecule has 1 atom stereocenters. The summed E-state index contributed by atoms with van der Waals surface area (Å²) in [7, 11) is 1.57. The number of nitrogens with one attached hydrogen (secondary N) is 1. The molecule has 1 unspecified atom stereocenters. The number of nitrogens with zero attached hydrogens (tertiary/aromatic N) is 1. The minimum absolute atomic E-state index is 0.245. The lowest BCUT2D eigenvalue weighted by Gasteiger charge is -2.26. The molecule has 168 valence electrons. The van der Waals surface area contributed by atoms with Gasteiger partial charge in [0.15, 0.2) is 5.78 Å². The number of hydrogen-bond acceptors (Lipinski definition) is 4. The Balaban J connectivity index is 1.49. The molecule has 32 heavy (non-hydrogen) atoms. The smallest absolute Gasteiger partial charge is 0.325 e. The van der Waals surface area contributed by atoms with Gasteiger partial charge in [-0.1, -0.05) is 62.6 Å². The van der Waals surface area contributed by atoms with Crippen molar-refractivity contribution in [3.8, 4) is 5.75 Å². The van der Waals surface area contributed by atoms with E-state index in [1.54, 1.807) is 31.4 Å². The van der Waals surface area contributed by atoms with Gasteiger partial charge in [0.25, 0.3) is 5.91 Å². The number of ether oxygens (including phenoxy) is 1. The first-order valence-corrected chi connectivity index (χ1v) is 11.4. The predicted molar refractivity (Wildman–Crippen MR) is 122 cm³/mol. The van der Waals surface area contributed by atoms with Crippen molar-refractivity contribution in [2.24, 2.45) is 0 Å². The molecule has 6 nitrogen and oxygen atoms in total. The molecule has 0 bridgehead atoms. The van der Waals surface area contributed by atoms with Crippen molar-refractivity contribution in [3.05, 3.63) is 65.2 Å². The molecule has 1 saturated carbocycles. The Morgan fingerprint density at radius 1 is 1.03 bits per heavy atom. The molecule has 1 aliphatic carbocycles. The van der Waals surface area contributed by atoms with Crippen LogP contribution in [0.3, 0.4) is 0 Å². The topological polar surface area (TPSA) is 75.7 Å². The molecule has 0 radical (unpaired) electrons. The van der Waals surface area contributed by atoms with E-state index in [2.05, 4.69) is 5.32 Å². The lowest BCUT2D eigenvalue weighted by molar-refractivity contribution is -0.131. The molecule has 6 heteroatoms. The first kappa shape index (κ1) is 22.1. The molecule has 3 amide bonds. The van der Waals surface area contributed by atoms with Gasteiger partial charge in [0.05, 0.1) is 13.7 Å². The third-order valence-corrected chi connectivity index (χ3v) is 6.90. The summed E-state index contributed by atoms with van der Waals surface area (Å²) in [5.74, 6) is 0.585. The van der Waals surface area contributed by atoms with Crippen molar-refractivity contribution in [3.63, 3.8) is 0 Å². The van der Waals surface area contributed by atoms with E-state index in [-0.39, 0.29) is 12.3 Å². The van der Waals surface area contributed by atoms with Gasteiger partial charge < -0.3 is 10.1 Å². The van der Waals surface area contributed by atoms with Crippen LogP contribution in [0.4, 0.5) is 4.79 Å². The fourth-order valence-corrected chi connectivity index (χ4v) is 4.90. The van der Waals surface area contributed by atoms with Gasteiger partial charge in [-0.3, -0.25) is 14.5 Å². The van der Waals surface area contributed by atoms with Crippen LogP contribution in [0.15, 0.2) is 48.5 Å². The van der Waals surface area contributed by atoms with Crippen molar-refractivity contribution in [2.75, 3.05) is 13.7 Å². The zero-order valence-corrected chi connectivity index (χ0v) is 18.7. The lowest BCUT2D eigenvalue weighted by atomic mass is 9.84. The molecular weight excluding hydrogens is 404 g/mol. The van der Waals surface area contributed by atoms with Gasteiger partial charge in [0.1, 0.15) is 11.3 Å². The quantitative estimate of drug-likeness (QED) is 0.502. The molecule has 2 fully saturated rings. The number of carbonyl (C=O) groups excluding carboxylic acids is 3. The predicted octanol–water partition coefficient (Wildman–Crippen LogP) is 4.78. The molecule has 1 N–H and O–H groups in total. The van der Waals surface area contributed by atoms with Crippen molar-refractivity contribution in [1.29, 1.82) is 0 Å². The summed E-state index contributed by atoms with van der Waals surface area (Å²) < 4.78 is 5.19. The lowest BCUT2D eigenvalue weighted by Crippen LogP contribution is -2.43. The Bertz CT molecular complexity index is 993. The molecule has 1 saturated heterocycles.